The molecular weight excluding hydrogens is 388 g/mol. The summed E-state index contributed by atoms with van der Waals surface area (Å²) in [5.74, 6) is 0. The molecule has 1 N–H and O–H groups in total. The smallest absolute Gasteiger partial charge is 0.264 e. The molecule has 3 aromatic rings. The summed E-state index contributed by atoms with van der Waals surface area (Å²) in [7, 11) is -3.85. The number of nitro benzene ring substituents is 1. The molecule has 0 radical (unpaired) electrons. The highest BCUT2D eigenvalue weighted by atomic mass is 32.2. The lowest BCUT2D eigenvalue weighted by Crippen LogP contribution is -2.26. The number of benzene rings is 1. The molecule has 0 atom stereocenters. The van der Waals surface area contributed by atoms with Crippen molar-refractivity contribution < 1.29 is 13.3 Å². The number of aryl methyl sites for hydroxylation is 1. The fourth-order valence-electron chi connectivity index (χ4n) is 2.43. The van der Waals surface area contributed by atoms with Crippen molar-refractivity contribution in [2.45, 2.75) is 18.2 Å². The van der Waals surface area contributed by atoms with Crippen molar-refractivity contribution in [3.05, 3.63) is 69.5 Å². The third-order valence-electron chi connectivity index (χ3n) is 3.81. The van der Waals surface area contributed by atoms with Crippen LogP contribution < -0.4 is 4.72 Å². The molecule has 2 aromatic heterocycles. The average Bonchev–Trinajstić information content (AvgIpc) is 3.11. The van der Waals surface area contributed by atoms with Gasteiger partial charge >= 0.3 is 0 Å². The van der Waals surface area contributed by atoms with Crippen LogP contribution in [0, 0.1) is 17.0 Å². The minimum Gasteiger partial charge on any atom is -0.264 e. The summed E-state index contributed by atoms with van der Waals surface area (Å²) >= 11 is 1.46. The van der Waals surface area contributed by atoms with E-state index in [1.165, 1.54) is 23.5 Å². The van der Waals surface area contributed by atoms with Gasteiger partial charge in [0.1, 0.15) is 5.01 Å². The second kappa shape index (κ2) is 7.91. The number of sulfonamides is 1. The Morgan fingerprint density at radius 3 is 2.81 bits per heavy atom. The highest BCUT2D eigenvalue weighted by Gasteiger charge is 2.20. The normalized spacial score (nSPS) is 11.4. The van der Waals surface area contributed by atoms with E-state index in [4.69, 9.17) is 0 Å². The Kier molecular flexibility index (Phi) is 5.59. The molecule has 27 heavy (non-hydrogen) atoms. The first kappa shape index (κ1) is 19.1. The van der Waals surface area contributed by atoms with Crippen LogP contribution >= 0.6 is 11.3 Å². The standard InChI is InChI=1S/C17H16N4O4S2/c1-12-4-5-15(21(22)23)9-16(12)27(24,25)19-8-6-14-11-26-17(20-14)13-3-2-7-18-10-13/h2-5,7,9-11,19H,6,8H2,1H3. The Bertz CT molecular complexity index is 1070. The summed E-state index contributed by atoms with van der Waals surface area (Å²) in [4.78, 5) is 18.7. The van der Waals surface area contributed by atoms with Gasteiger partial charge in [-0.25, -0.2) is 18.1 Å². The molecule has 0 unspecified atom stereocenters. The van der Waals surface area contributed by atoms with Gasteiger partial charge in [-0.1, -0.05) is 6.07 Å². The number of rotatable bonds is 7. The molecule has 0 bridgehead atoms. The maximum Gasteiger partial charge on any atom is 0.270 e. The molecule has 0 fully saturated rings. The largest absolute Gasteiger partial charge is 0.270 e. The number of hydrogen-bond donors (Lipinski definition) is 1. The average molecular weight is 404 g/mol. The molecule has 10 heteroatoms. The molecule has 0 spiro atoms. The summed E-state index contributed by atoms with van der Waals surface area (Å²) in [6.07, 6.45) is 3.81. The fourth-order valence-corrected chi connectivity index (χ4v) is 4.57. The minimum atomic E-state index is -3.85. The van der Waals surface area contributed by atoms with Gasteiger partial charge in [-0.15, -0.1) is 11.3 Å². The molecule has 140 valence electrons. The lowest BCUT2D eigenvalue weighted by atomic mass is 10.2. The van der Waals surface area contributed by atoms with Gasteiger partial charge < -0.3 is 0 Å². The maximum absolute atomic E-state index is 12.5. The first-order valence-corrected chi connectivity index (χ1v) is 10.3. The minimum absolute atomic E-state index is 0.0916. The quantitative estimate of drug-likeness (QED) is 0.478. The first-order chi connectivity index (χ1) is 12.9. The van der Waals surface area contributed by atoms with Gasteiger partial charge in [-0.05, 0) is 24.6 Å². The van der Waals surface area contributed by atoms with Gasteiger partial charge in [-0.3, -0.25) is 15.1 Å². The van der Waals surface area contributed by atoms with E-state index in [-0.39, 0.29) is 17.1 Å². The van der Waals surface area contributed by atoms with Crippen molar-refractivity contribution in [1.82, 2.24) is 14.7 Å². The number of hydrogen-bond acceptors (Lipinski definition) is 7. The number of nitro groups is 1. The van der Waals surface area contributed by atoms with Crippen LogP contribution in [0.25, 0.3) is 10.6 Å². The van der Waals surface area contributed by atoms with Gasteiger partial charge in [0.2, 0.25) is 10.0 Å². The number of non-ortho nitro benzene ring substituents is 1. The highest BCUT2D eigenvalue weighted by Crippen LogP contribution is 2.23. The predicted molar refractivity (Wildman–Crippen MR) is 102 cm³/mol. The second-order valence-corrected chi connectivity index (χ2v) is 8.33. The van der Waals surface area contributed by atoms with E-state index in [0.29, 0.717) is 12.0 Å². The summed E-state index contributed by atoms with van der Waals surface area (Å²) in [6.45, 7) is 1.74. The Labute approximate surface area is 160 Å². The molecule has 0 saturated carbocycles. The van der Waals surface area contributed by atoms with Crippen LogP contribution in [0.5, 0.6) is 0 Å². The van der Waals surface area contributed by atoms with Crippen molar-refractivity contribution in [2.75, 3.05) is 6.54 Å². The maximum atomic E-state index is 12.5. The van der Waals surface area contributed by atoms with Crippen molar-refractivity contribution in [3.63, 3.8) is 0 Å². The van der Waals surface area contributed by atoms with E-state index < -0.39 is 14.9 Å². The lowest BCUT2D eigenvalue weighted by Gasteiger charge is -2.08. The van der Waals surface area contributed by atoms with Crippen molar-refractivity contribution in [2.24, 2.45) is 0 Å². The SMILES string of the molecule is Cc1ccc([N+](=O)[O-])cc1S(=O)(=O)NCCc1csc(-c2cccnc2)n1. The zero-order chi connectivity index (χ0) is 19.4. The Balaban J connectivity index is 1.68. The molecule has 0 saturated heterocycles. The van der Waals surface area contributed by atoms with Crippen molar-refractivity contribution in [1.29, 1.82) is 0 Å². The molecule has 3 rings (SSSR count). The zero-order valence-corrected chi connectivity index (χ0v) is 16.0. The van der Waals surface area contributed by atoms with E-state index in [9.17, 15) is 18.5 Å². The fraction of sp³-hybridized carbons (Fsp3) is 0.176. The number of pyridine rings is 1. The third-order valence-corrected chi connectivity index (χ3v) is 6.35. The summed E-state index contributed by atoms with van der Waals surface area (Å²) in [6, 6.07) is 7.51. The number of thiazole rings is 1. The molecule has 0 aliphatic carbocycles. The Hall–Kier alpha value is -2.69. The number of aromatic nitrogens is 2. The van der Waals surface area contributed by atoms with Crippen LogP contribution in [0.15, 0.2) is 53.0 Å². The molecule has 8 nitrogen and oxygen atoms in total. The predicted octanol–water partition coefficient (Wildman–Crippen LogP) is 2.94. The van der Waals surface area contributed by atoms with Gasteiger partial charge in [-0.2, -0.15) is 0 Å². The van der Waals surface area contributed by atoms with E-state index in [1.807, 2.05) is 17.5 Å². The third kappa shape index (κ3) is 4.54. The molecule has 0 aliphatic heterocycles. The van der Waals surface area contributed by atoms with Crippen LogP contribution in [-0.4, -0.2) is 29.9 Å². The van der Waals surface area contributed by atoms with Crippen molar-refractivity contribution in [3.8, 4) is 10.6 Å². The van der Waals surface area contributed by atoms with E-state index >= 15 is 0 Å². The molecule has 0 aliphatic rings. The van der Waals surface area contributed by atoms with Gasteiger partial charge in [0.15, 0.2) is 0 Å². The van der Waals surface area contributed by atoms with Crippen LogP contribution in [0.1, 0.15) is 11.3 Å². The Morgan fingerprint density at radius 2 is 2.11 bits per heavy atom. The molecule has 2 heterocycles. The van der Waals surface area contributed by atoms with E-state index in [0.717, 1.165) is 22.3 Å². The number of nitrogens with zero attached hydrogens (tertiary/aromatic N) is 3. The van der Waals surface area contributed by atoms with Crippen molar-refractivity contribution >= 4 is 27.0 Å². The van der Waals surface area contributed by atoms with Crippen LogP contribution in [0.3, 0.4) is 0 Å². The highest BCUT2D eigenvalue weighted by molar-refractivity contribution is 7.89. The van der Waals surface area contributed by atoms with E-state index in [1.54, 1.807) is 19.3 Å². The summed E-state index contributed by atoms with van der Waals surface area (Å²) in [5.41, 5.74) is 1.85. The van der Waals surface area contributed by atoms with Gasteiger partial charge in [0.05, 0.1) is 15.5 Å². The monoisotopic (exact) mass is 404 g/mol. The number of nitrogens with one attached hydrogen (secondary N) is 1. The van der Waals surface area contributed by atoms with E-state index in [2.05, 4.69) is 14.7 Å². The van der Waals surface area contributed by atoms with Crippen LogP contribution in [0.4, 0.5) is 5.69 Å². The zero-order valence-electron chi connectivity index (χ0n) is 14.3. The topological polar surface area (TPSA) is 115 Å². The van der Waals surface area contributed by atoms with Gasteiger partial charge in [0, 0.05) is 48.4 Å². The summed E-state index contributed by atoms with van der Waals surface area (Å²) < 4.78 is 27.5. The van der Waals surface area contributed by atoms with Gasteiger partial charge in [0.25, 0.3) is 5.69 Å². The first-order valence-electron chi connectivity index (χ1n) is 7.96. The van der Waals surface area contributed by atoms with Crippen LogP contribution in [-0.2, 0) is 16.4 Å². The Morgan fingerprint density at radius 1 is 1.30 bits per heavy atom. The van der Waals surface area contributed by atoms with Crippen LogP contribution in [0.2, 0.25) is 0 Å². The molecule has 1 aromatic carbocycles. The second-order valence-electron chi connectivity index (χ2n) is 5.74. The molecular formula is C17H16N4O4S2. The summed E-state index contributed by atoms with van der Waals surface area (Å²) in [5, 5.41) is 13.6. The molecule has 0 amide bonds. The lowest BCUT2D eigenvalue weighted by molar-refractivity contribution is -0.385.